The second-order valence-electron chi connectivity index (χ2n) is 8.92. The Hall–Kier alpha value is -1.58. The minimum absolute atomic E-state index is 0.222. The standard InChI is InChI=1S/C20H29ClN4O4S/c1-30(28,29)23-14-11-17(21)18(22-12-14)24-9-2-7-20(13-24)8-10-25(19(20)27)15-3-5-16(26)6-4-15/h11-12,15-16,23,26H,2-10,13H2,1H3/t15?,16?,20-/m0/s1. The second-order valence-corrected chi connectivity index (χ2v) is 11.1. The number of halogens is 1. The molecule has 1 aromatic heterocycles. The van der Waals surface area contributed by atoms with Gasteiger partial charge in [0.05, 0.1) is 34.7 Å². The van der Waals surface area contributed by atoms with Crippen LogP contribution < -0.4 is 9.62 Å². The summed E-state index contributed by atoms with van der Waals surface area (Å²) in [7, 11) is -3.41. The molecule has 2 N–H and O–H groups in total. The van der Waals surface area contributed by atoms with Crippen molar-refractivity contribution in [1.82, 2.24) is 9.88 Å². The van der Waals surface area contributed by atoms with Crippen molar-refractivity contribution in [1.29, 1.82) is 0 Å². The summed E-state index contributed by atoms with van der Waals surface area (Å²) in [6.07, 6.45) is 8.14. The number of anilines is 2. The molecular formula is C20H29ClN4O4S. The highest BCUT2D eigenvalue weighted by Crippen LogP contribution is 2.44. The van der Waals surface area contributed by atoms with Crippen molar-refractivity contribution in [2.45, 2.75) is 57.1 Å². The number of nitrogens with one attached hydrogen (secondary N) is 1. The Morgan fingerprint density at radius 1 is 1.23 bits per heavy atom. The molecule has 1 saturated carbocycles. The Kier molecular flexibility index (Phi) is 5.89. The van der Waals surface area contributed by atoms with E-state index < -0.39 is 15.4 Å². The van der Waals surface area contributed by atoms with Gasteiger partial charge in [-0.15, -0.1) is 0 Å². The molecular weight excluding hydrogens is 428 g/mol. The largest absolute Gasteiger partial charge is 0.393 e. The number of pyridine rings is 1. The van der Waals surface area contributed by atoms with Crippen molar-refractivity contribution in [3.8, 4) is 0 Å². The molecule has 10 heteroatoms. The van der Waals surface area contributed by atoms with Gasteiger partial charge in [-0.1, -0.05) is 11.6 Å². The Balaban J connectivity index is 1.49. The average molecular weight is 457 g/mol. The maximum atomic E-state index is 13.4. The van der Waals surface area contributed by atoms with Gasteiger partial charge in [0.25, 0.3) is 0 Å². The summed E-state index contributed by atoms with van der Waals surface area (Å²) in [5.41, 5.74) is -0.0937. The molecule has 2 saturated heterocycles. The summed E-state index contributed by atoms with van der Waals surface area (Å²) < 4.78 is 25.3. The minimum atomic E-state index is -3.41. The fourth-order valence-corrected chi connectivity index (χ4v) is 6.02. The zero-order valence-electron chi connectivity index (χ0n) is 17.2. The van der Waals surface area contributed by atoms with Crippen molar-refractivity contribution < 1.29 is 18.3 Å². The van der Waals surface area contributed by atoms with Crippen LogP contribution >= 0.6 is 11.6 Å². The van der Waals surface area contributed by atoms with E-state index in [4.69, 9.17) is 11.6 Å². The van der Waals surface area contributed by atoms with E-state index in [1.54, 1.807) is 6.07 Å². The first kappa shape index (κ1) is 21.6. The third-order valence-electron chi connectivity index (χ3n) is 6.65. The number of carbonyl (C=O) groups is 1. The Morgan fingerprint density at radius 2 is 1.97 bits per heavy atom. The molecule has 30 heavy (non-hydrogen) atoms. The van der Waals surface area contributed by atoms with Crippen molar-refractivity contribution in [3.63, 3.8) is 0 Å². The fourth-order valence-electron chi connectivity index (χ4n) is 5.19. The van der Waals surface area contributed by atoms with Gasteiger partial charge in [0, 0.05) is 25.7 Å². The number of aliphatic hydroxyl groups is 1. The van der Waals surface area contributed by atoms with Gasteiger partial charge < -0.3 is 14.9 Å². The molecule has 0 radical (unpaired) electrons. The third kappa shape index (κ3) is 4.38. The zero-order chi connectivity index (χ0) is 21.5. The number of nitrogens with zero attached hydrogens (tertiary/aromatic N) is 3. The topological polar surface area (TPSA) is 103 Å². The molecule has 2 aliphatic heterocycles. The monoisotopic (exact) mass is 456 g/mol. The number of hydrogen-bond donors (Lipinski definition) is 2. The molecule has 1 spiro atoms. The van der Waals surface area contributed by atoms with Crippen LogP contribution in [0.15, 0.2) is 12.3 Å². The molecule has 0 bridgehead atoms. The van der Waals surface area contributed by atoms with Gasteiger partial charge in [-0.2, -0.15) is 0 Å². The summed E-state index contributed by atoms with van der Waals surface area (Å²) in [6.45, 7) is 2.10. The Morgan fingerprint density at radius 3 is 2.63 bits per heavy atom. The normalized spacial score (nSPS) is 30.2. The zero-order valence-corrected chi connectivity index (χ0v) is 18.8. The summed E-state index contributed by atoms with van der Waals surface area (Å²) in [6, 6.07) is 1.79. The van der Waals surface area contributed by atoms with Gasteiger partial charge in [0.15, 0.2) is 0 Å². The highest BCUT2D eigenvalue weighted by atomic mass is 35.5. The van der Waals surface area contributed by atoms with Crippen LogP contribution in [0.1, 0.15) is 44.9 Å². The Labute approximate surface area is 182 Å². The molecule has 3 heterocycles. The van der Waals surface area contributed by atoms with Gasteiger partial charge in [0.2, 0.25) is 15.9 Å². The molecule has 166 valence electrons. The van der Waals surface area contributed by atoms with Crippen LogP contribution in [0, 0.1) is 5.41 Å². The molecule has 1 aliphatic carbocycles. The van der Waals surface area contributed by atoms with E-state index in [1.165, 1.54) is 6.20 Å². The molecule has 4 rings (SSSR count). The van der Waals surface area contributed by atoms with E-state index >= 15 is 0 Å². The fraction of sp³-hybridized carbons (Fsp3) is 0.700. The molecule has 3 aliphatic rings. The first-order chi connectivity index (χ1) is 14.2. The molecule has 0 aromatic carbocycles. The highest BCUT2D eigenvalue weighted by molar-refractivity contribution is 7.92. The predicted octanol–water partition coefficient (Wildman–Crippen LogP) is 2.23. The number of sulfonamides is 1. The molecule has 1 atom stereocenters. The van der Waals surface area contributed by atoms with Crippen molar-refractivity contribution in [2.75, 3.05) is 35.5 Å². The highest BCUT2D eigenvalue weighted by Gasteiger charge is 2.51. The molecule has 8 nitrogen and oxygen atoms in total. The van der Waals surface area contributed by atoms with Gasteiger partial charge in [-0.05, 0) is 51.0 Å². The van der Waals surface area contributed by atoms with E-state index in [0.29, 0.717) is 23.1 Å². The summed E-state index contributed by atoms with van der Waals surface area (Å²) in [5, 5.41) is 10.1. The number of aliphatic hydroxyl groups excluding tert-OH is 1. The first-order valence-corrected chi connectivity index (χ1v) is 12.8. The summed E-state index contributed by atoms with van der Waals surface area (Å²) in [4.78, 5) is 21.9. The van der Waals surface area contributed by atoms with Crippen LogP contribution in [-0.2, 0) is 14.8 Å². The first-order valence-electron chi connectivity index (χ1n) is 10.5. The number of amides is 1. The van der Waals surface area contributed by atoms with Crippen molar-refractivity contribution in [2.24, 2.45) is 5.41 Å². The number of likely N-dealkylation sites (tertiary alicyclic amines) is 1. The van der Waals surface area contributed by atoms with Crippen LogP contribution in [0.25, 0.3) is 0 Å². The Bertz CT molecular complexity index is 919. The predicted molar refractivity (Wildman–Crippen MR) is 116 cm³/mol. The maximum Gasteiger partial charge on any atom is 0.230 e. The SMILES string of the molecule is CS(=O)(=O)Nc1cnc(N2CCC[C@]3(CCN(C4CCC(O)CC4)C3=O)C2)c(Cl)c1. The molecule has 1 aromatic rings. The number of carbonyl (C=O) groups excluding carboxylic acids is 1. The lowest BCUT2D eigenvalue weighted by atomic mass is 9.78. The van der Waals surface area contributed by atoms with Crippen LogP contribution in [-0.4, -0.2) is 67.4 Å². The summed E-state index contributed by atoms with van der Waals surface area (Å²) in [5.74, 6) is 0.807. The maximum absolute atomic E-state index is 13.4. The van der Waals surface area contributed by atoms with Crippen molar-refractivity contribution in [3.05, 3.63) is 17.3 Å². The van der Waals surface area contributed by atoms with Gasteiger partial charge >= 0.3 is 0 Å². The van der Waals surface area contributed by atoms with Gasteiger partial charge in [-0.25, -0.2) is 13.4 Å². The van der Waals surface area contributed by atoms with Crippen LogP contribution in [0.2, 0.25) is 5.02 Å². The van der Waals surface area contributed by atoms with Crippen LogP contribution in [0.3, 0.4) is 0 Å². The van der Waals surface area contributed by atoms with Crippen molar-refractivity contribution >= 4 is 39.0 Å². The number of hydrogen-bond acceptors (Lipinski definition) is 6. The van der Waals surface area contributed by atoms with E-state index in [0.717, 1.165) is 64.3 Å². The average Bonchev–Trinajstić information content (AvgIpc) is 2.97. The lowest BCUT2D eigenvalue weighted by Crippen LogP contribution is -2.50. The smallest absolute Gasteiger partial charge is 0.230 e. The van der Waals surface area contributed by atoms with Gasteiger partial charge in [0.1, 0.15) is 5.82 Å². The molecule has 3 fully saturated rings. The summed E-state index contributed by atoms with van der Waals surface area (Å²) >= 11 is 6.43. The van der Waals surface area contributed by atoms with Crippen LogP contribution in [0.5, 0.6) is 0 Å². The van der Waals surface area contributed by atoms with E-state index in [9.17, 15) is 18.3 Å². The van der Waals surface area contributed by atoms with Crippen LogP contribution in [0.4, 0.5) is 11.5 Å². The number of aromatic nitrogens is 1. The minimum Gasteiger partial charge on any atom is -0.393 e. The third-order valence-corrected chi connectivity index (χ3v) is 7.54. The molecule has 1 amide bonds. The van der Waals surface area contributed by atoms with E-state index in [-0.39, 0.29) is 18.1 Å². The second kappa shape index (κ2) is 8.16. The lowest BCUT2D eigenvalue weighted by molar-refractivity contribution is -0.139. The van der Waals surface area contributed by atoms with Gasteiger partial charge in [-0.3, -0.25) is 9.52 Å². The molecule has 0 unspecified atom stereocenters. The number of piperidine rings is 1. The quantitative estimate of drug-likeness (QED) is 0.720. The lowest BCUT2D eigenvalue weighted by Gasteiger charge is -2.41. The van der Waals surface area contributed by atoms with E-state index in [1.807, 2.05) is 4.90 Å². The number of rotatable bonds is 4. The van der Waals surface area contributed by atoms with E-state index in [2.05, 4.69) is 14.6 Å².